The zero-order valence-corrected chi connectivity index (χ0v) is 11.3. The van der Waals surface area contributed by atoms with E-state index in [4.69, 9.17) is 22.1 Å². The molecule has 0 aliphatic rings. The van der Waals surface area contributed by atoms with E-state index in [0.717, 1.165) is 5.56 Å². The zero-order chi connectivity index (χ0) is 13.8. The fourth-order valence-electron chi connectivity index (χ4n) is 1.91. The number of ether oxygens (including phenoxy) is 1. The number of rotatable bonds is 4. The number of anilines is 1. The molecule has 0 aliphatic carbocycles. The van der Waals surface area contributed by atoms with Crippen molar-refractivity contribution in [2.45, 2.75) is 12.5 Å². The molecule has 0 aliphatic heterocycles. The monoisotopic (exact) mass is 278 g/mol. The summed E-state index contributed by atoms with van der Waals surface area (Å²) in [5.74, 6) is 1.01. The van der Waals surface area contributed by atoms with Gasteiger partial charge in [0.1, 0.15) is 11.6 Å². The molecule has 1 unspecified atom stereocenters. The molecule has 1 heterocycles. The molecular formula is C14H15ClN2O2. The van der Waals surface area contributed by atoms with Crippen LogP contribution in [0.2, 0.25) is 5.02 Å². The number of pyridine rings is 1. The van der Waals surface area contributed by atoms with Crippen molar-refractivity contribution in [2.75, 3.05) is 12.8 Å². The number of aromatic nitrogens is 1. The summed E-state index contributed by atoms with van der Waals surface area (Å²) in [7, 11) is 1.55. The number of aliphatic hydroxyl groups excluding tert-OH is 1. The van der Waals surface area contributed by atoms with Crippen LogP contribution < -0.4 is 10.5 Å². The number of hydrogen-bond acceptors (Lipinski definition) is 4. The van der Waals surface area contributed by atoms with Gasteiger partial charge in [-0.3, -0.25) is 0 Å². The summed E-state index contributed by atoms with van der Waals surface area (Å²) in [6.07, 6.45) is 1.37. The maximum atomic E-state index is 10.3. The predicted octanol–water partition coefficient (Wildman–Crippen LogP) is 2.60. The second kappa shape index (κ2) is 5.91. The SMILES string of the molecule is COc1cc(Cl)ccc1C(O)Cc1ccnc(N)c1. The lowest BCUT2D eigenvalue weighted by Crippen LogP contribution is -2.05. The summed E-state index contributed by atoms with van der Waals surface area (Å²) >= 11 is 5.89. The Hall–Kier alpha value is -1.78. The van der Waals surface area contributed by atoms with Crippen molar-refractivity contribution in [2.24, 2.45) is 0 Å². The molecule has 0 saturated heterocycles. The van der Waals surface area contributed by atoms with Crippen molar-refractivity contribution >= 4 is 17.4 Å². The second-order valence-corrected chi connectivity index (χ2v) is 4.63. The topological polar surface area (TPSA) is 68.4 Å². The largest absolute Gasteiger partial charge is 0.496 e. The summed E-state index contributed by atoms with van der Waals surface area (Å²) < 4.78 is 5.23. The molecule has 0 saturated carbocycles. The molecular weight excluding hydrogens is 264 g/mol. The van der Waals surface area contributed by atoms with E-state index in [1.165, 1.54) is 0 Å². The Morgan fingerprint density at radius 1 is 1.37 bits per heavy atom. The highest BCUT2D eigenvalue weighted by Gasteiger charge is 2.14. The van der Waals surface area contributed by atoms with Gasteiger partial charge in [0.25, 0.3) is 0 Å². The van der Waals surface area contributed by atoms with Gasteiger partial charge in [0.2, 0.25) is 0 Å². The lowest BCUT2D eigenvalue weighted by molar-refractivity contribution is 0.174. The van der Waals surface area contributed by atoms with Crippen LogP contribution in [0, 0.1) is 0 Å². The summed E-state index contributed by atoms with van der Waals surface area (Å²) in [5.41, 5.74) is 7.22. The van der Waals surface area contributed by atoms with E-state index in [2.05, 4.69) is 4.98 Å². The van der Waals surface area contributed by atoms with Gasteiger partial charge >= 0.3 is 0 Å². The first-order valence-electron chi connectivity index (χ1n) is 5.82. The van der Waals surface area contributed by atoms with Crippen LogP contribution in [0.1, 0.15) is 17.2 Å². The molecule has 1 aromatic carbocycles. The third-order valence-electron chi connectivity index (χ3n) is 2.83. The Morgan fingerprint density at radius 2 is 2.16 bits per heavy atom. The number of methoxy groups -OCH3 is 1. The van der Waals surface area contributed by atoms with E-state index < -0.39 is 6.10 Å². The molecule has 0 bridgehead atoms. The van der Waals surface area contributed by atoms with E-state index in [9.17, 15) is 5.11 Å². The number of hydrogen-bond donors (Lipinski definition) is 2. The Kier molecular flexibility index (Phi) is 4.24. The molecule has 100 valence electrons. The number of nitrogens with two attached hydrogens (primary N) is 1. The predicted molar refractivity (Wildman–Crippen MR) is 75.3 cm³/mol. The van der Waals surface area contributed by atoms with Crippen LogP contribution in [-0.4, -0.2) is 17.2 Å². The standard InChI is InChI=1S/C14H15ClN2O2/c1-19-13-8-10(15)2-3-11(13)12(18)6-9-4-5-17-14(16)7-9/h2-5,7-8,12,18H,6H2,1H3,(H2,16,17). The van der Waals surface area contributed by atoms with Gasteiger partial charge < -0.3 is 15.6 Å². The van der Waals surface area contributed by atoms with E-state index in [-0.39, 0.29) is 0 Å². The average Bonchev–Trinajstić information content (AvgIpc) is 2.38. The maximum Gasteiger partial charge on any atom is 0.126 e. The van der Waals surface area contributed by atoms with Gasteiger partial charge in [0.15, 0.2) is 0 Å². The number of aliphatic hydroxyl groups is 1. The van der Waals surface area contributed by atoms with Gasteiger partial charge in [0, 0.05) is 23.2 Å². The molecule has 0 spiro atoms. The van der Waals surface area contributed by atoms with Crippen LogP contribution in [-0.2, 0) is 6.42 Å². The number of benzene rings is 1. The van der Waals surface area contributed by atoms with Gasteiger partial charge in [0.05, 0.1) is 13.2 Å². The van der Waals surface area contributed by atoms with Crippen LogP contribution in [0.15, 0.2) is 36.5 Å². The summed E-state index contributed by atoms with van der Waals surface area (Å²) in [4.78, 5) is 3.92. The first kappa shape index (κ1) is 13.6. The molecule has 1 aromatic heterocycles. The summed E-state index contributed by atoms with van der Waals surface area (Å²) in [6.45, 7) is 0. The third-order valence-corrected chi connectivity index (χ3v) is 3.06. The fraction of sp³-hybridized carbons (Fsp3) is 0.214. The number of nitrogen functional groups attached to an aromatic ring is 1. The van der Waals surface area contributed by atoms with Crippen molar-refractivity contribution in [3.63, 3.8) is 0 Å². The minimum atomic E-state index is -0.686. The first-order chi connectivity index (χ1) is 9.10. The molecule has 19 heavy (non-hydrogen) atoms. The Morgan fingerprint density at radius 3 is 2.84 bits per heavy atom. The van der Waals surface area contributed by atoms with E-state index >= 15 is 0 Å². The minimum absolute atomic E-state index is 0.435. The Labute approximate surface area is 116 Å². The van der Waals surface area contributed by atoms with Crippen molar-refractivity contribution in [1.82, 2.24) is 4.98 Å². The fourth-order valence-corrected chi connectivity index (χ4v) is 2.08. The van der Waals surface area contributed by atoms with Gasteiger partial charge in [-0.25, -0.2) is 4.98 Å². The molecule has 2 rings (SSSR count). The minimum Gasteiger partial charge on any atom is -0.496 e. The quantitative estimate of drug-likeness (QED) is 0.902. The maximum absolute atomic E-state index is 10.3. The van der Waals surface area contributed by atoms with Crippen LogP contribution in [0.4, 0.5) is 5.82 Å². The Balaban J connectivity index is 2.22. The zero-order valence-electron chi connectivity index (χ0n) is 10.5. The smallest absolute Gasteiger partial charge is 0.126 e. The van der Waals surface area contributed by atoms with E-state index in [1.807, 2.05) is 6.07 Å². The normalized spacial score (nSPS) is 12.2. The Bertz CT molecular complexity index is 575. The molecule has 5 heteroatoms. The number of halogens is 1. The summed E-state index contributed by atoms with van der Waals surface area (Å²) in [6, 6.07) is 8.73. The van der Waals surface area contributed by atoms with Crippen molar-refractivity contribution < 1.29 is 9.84 Å². The first-order valence-corrected chi connectivity index (χ1v) is 6.20. The highest BCUT2D eigenvalue weighted by atomic mass is 35.5. The highest BCUT2D eigenvalue weighted by Crippen LogP contribution is 2.30. The third kappa shape index (κ3) is 3.36. The van der Waals surface area contributed by atoms with Gasteiger partial charge in [-0.15, -0.1) is 0 Å². The molecule has 0 radical (unpaired) electrons. The molecule has 0 fully saturated rings. The molecule has 4 nitrogen and oxygen atoms in total. The summed E-state index contributed by atoms with van der Waals surface area (Å²) in [5, 5.41) is 10.9. The molecule has 2 aromatic rings. The van der Waals surface area contributed by atoms with E-state index in [0.29, 0.717) is 28.6 Å². The van der Waals surface area contributed by atoms with Crippen molar-refractivity contribution in [3.05, 3.63) is 52.7 Å². The highest BCUT2D eigenvalue weighted by molar-refractivity contribution is 6.30. The van der Waals surface area contributed by atoms with Crippen LogP contribution in [0.5, 0.6) is 5.75 Å². The van der Waals surface area contributed by atoms with Crippen molar-refractivity contribution in [1.29, 1.82) is 0 Å². The molecule has 1 atom stereocenters. The lowest BCUT2D eigenvalue weighted by atomic mass is 10.0. The van der Waals surface area contributed by atoms with Gasteiger partial charge in [-0.05, 0) is 29.8 Å². The van der Waals surface area contributed by atoms with Gasteiger partial charge in [-0.1, -0.05) is 17.7 Å². The van der Waals surface area contributed by atoms with Crippen LogP contribution in [0.25, 0.3) is 0 Å². The van der Waals surface area contributed by atoms with E-state index in [1.54, 1.807) is 37.6 Å². The lowest BCUT2D eigenvalue weighted by Gasteiger charge is -2.15. The van der Waals surface area contributed by atoms with Crippen LogP contribution in [0.3, 0.4) is 0 Å². The van der Waals surface area contributed by atoms with Gasteiger partial charge in [-0.2, -0.15) is 0 Å². The number of nitrogens with zero attached hydrogens (tertiary/aromatic N) is 1. The second-order valence-electron chi connectivity index (χ2n) is 4.20. The van der Waals surface area contributed by atoms with Crippen molar-refractivity contribution in [3.8, 4) is 5.75 Å². The average molecular weight is 279 g/mol. The molecule has 0 amide bonds. The van der Waals surface area contributed by atoms with Crippen LogP contribution >= 0.6 is 11.6 Å². The molecule has 3 N–H and O–H groups in total.